The quantitative estimate of drug-likeness (QED) is 0.674. The molecule has 0 spiro atoms. The van der Waals surface area contributed by atoms with Crippen LogP contribution in [0.2, 0.25) is 0 Å². The van der Waals surface area contributed by atoms with Crippen LogP contribution in [-0.2, 0) is 13.6 Å². The summed E-state index contributed by atoms with van der Waals surface area (Å²) in [5.41, 5.74) is 3.76. The molecule has 0 aliphatic heterocycles. The van der Waals surface area contributed by atoms with Gasteiger partial charge in [0.05, 0.1) is 17.9 Å². The maximum absolute atomic E-state index is 11.1. The molecule has 3 N–H and O–H groups in total. The number of nitrogens with one attached hydrogen (secondary N) is 3. The molecule has 0 amide bonds. The van der Waals surface area contributed by atoms with Gasteiger partial charge in [0.2, 0.25) is 0 Å². The van der Waals surface area contributed by atoms with Crippen molar-refractivity contribution in [2.75, 3.05) is 5.32 Å². The van der Waals surface area contributed by atoms with E-state index in [1.165, 1.54) is 6.07 Å². The lowest BCUT2D eigenvalue weighted by Gasteiger charge is -2.07. The highest BCUT2D eigenvalue weighted by atomic mass is 16.1. The Morgan fingerprint density at radius 1 is 1.20 bits per heavy atom. The smallest absolute Gasteiger partial charge is 0.264 e. The first-order valence-corrected chi connectivity index (χ1v) is 6.31. The van der Waals surface area contributed by atoms with E-state index < -0.39 is 0 Å². The van der Waals surface area contributed by atoms with E-state index in [-0.39, 0.29) is 5.56 Å². The number of benzene rings is 1. The predicted molar refractivity (Wildman–Crippen MR) is 77.4 cm³/mol. The van der Waals surface area contributed by atoms with Gasteiger partial charge in [-0.1, -0.05) is 12.1 Å². The molecule has 3 aromatic rings. The SMILES string of the molecule is Cn1nccc1CNc1ccc(-c2cc(=O)[nH][nH]2)cc1. The van der Waals surface area contributed by atoms with Crippen molar-refractivity contribution in [3.05, 3.63) is 58.6 Å². The fourth-order valence-corrected chi connectivity index (χ4v) is 2.02. The van der Waals surface area contributed by atoms with E-state index in [4.69, 9.17) is 0 Å². The third kappa shape index (κ3) is 2.49. The van der Waals surface area contributed by atoms with Gasteiger partial charge in [0.1, 0.15) is 0 Å². The highest BCUT2D eigenvalue weighted by Gasteiger charge is 2.01. The van der Waals surface area contributed by atoms with Crippen LogP contribution in [0.5, 0.6) is 0 Å². The third-order valence-electron chi connectivity index (χ3n) is 3.19. The summed E-state index contributed by atoms with van der Waals surface area (Å²) >= 11 is 0. The molecule has 3 rings (SSSR count). The van der Waals surface area contributed by atoms with Gasteiger partial charge in [0, 0.05) is 25.0 Å². The molecule has 0 unspecified atom stereocenters. The second-order valence-electron chi connectivity index (χ2n) is 4.55. The van der Waals surface area contributed by atoms with Gasteiger partial charge in [-0.15, -0.1) is 0 Å². The Morgan fingerprint density at radius 3 is 2.60 bits per heavy atom. The number of hydrogen-bond acceptors (Lipinski definition) is 3. The van der Waals surface area contributed by atoms with Crippen LogP contribution in [0.1, 0.15) is 5.69 Å². The third-order valence-corrected chi connectivity index (χ3v) is 3.19. The fraction of sp³-hybridized carbons (Fsp3) is 0.143. The minimum Gasteiger partial charge on any atom is -0.379 e. The van der Waals surface area contributed by atoms with E-state index >= 15 is 0 Å². The van der Waals surface area contributed by atoms with Gasteiger partial charge in [0.15, 0.2) is 0 Å². The van der Waals surface area contributed by atoms with Gasteiger partial charge in [0.25, 0.3) is 5.56 Å². The van der Waals surface area contributed by atoms with E-state index in [1.54, 1.807) is 6.20 Å². The molecule has 0 aliphatic rings. The summed E-state index contributed by atoms with van der Waals surface area (Å²) < 4.78 is 1.84. The van der Waals surface area contributed by atoms with E-state index in [9.17, 15) is 4.79 Å². The Labute approximate surface area is 115 Å². The summed E-state index contributed by atoms with van der Waals surface area (Å²) in [6.07, 6.45) is 1.78. The van der Waals surface area contributed by atoms with Crippen LogP contribution in [-0.4, -0.2) is 20.0 Å². The molecule has 0 saturated heterocycles. The zero-order valence-electron chi connectivity index (χ0n) is 11.1. The summed E-state index contributed by atoms with van der Waals surface area (Å²) in [5.74, 6) is 0. The highest BCUT2D eigenvalue weighted by molar-refractivity contribution is 5.62. The van der Waals surface area contributed by atoms with Crippen LogP contribution in [0.3, 0.4) is 0 Å². The Bertz CT molecular complexity index is 750. The molecule has 0 radical (unpaired) electrons. The van der Waals surface area contributed by atoms with Gasteiger partial charge in [-0.2, -0.15) is 5.10 Å². The van der Waals surface area contributed by atoms with Gasteiger partial charge >= 0.3 is 0 Å². The van der Waals surface area contributed by atoms with Crippen molar-refractivity contribution in [3.8, 4) is 11.3 Å². The van der Waals surface area contributed by atoms with Gasteiger partial charge in [-0.25, -0.2) is 0 Å². The molecule has 1 aromatic carbocycles. The summed E-state index contributed by atoms with van der Waals surface area (Å²) in [6.45, 7) is 0.719. The Kier molecular flexibility index (Phi) is 3.12. The topological polar surface area (TPSA) is 78.5 Å². The average Bonchev–Trinajstić information content (AvgIpc) is 3.06. The molecular weight excluding hydrogens is 254 g/mol. The minimum atomic E-state index is -0.126. The first-order chi connectivity index (χ1) is 9.72. The van der Waals surface area contributed by atoms with E-state index in [0.717, 1.165) is 29.2 Å². The summed E-state index contributed by atoms with van der Waals surface area (Å²) in [5, 5.41) is 12.8. The lowest BCUT2D eigenvalue weighted by Crippen LogP contribution is -2.05. The van der Waals surface area contributed by atoms with Crippen molar-refractivity contribution in [1.29, 1.82) is 0 Å². The van der Waals surface area contributed by atoms with Crippen molar-refractivity contribution in [2.24, 2.45) is 7.05 Å². The molecule has 2 aromatic heterocycles. The van der Waals surface area contributed by atoms with Crippen molar-refractivity contribution in [1.82, 2.24) is 20.0 Å². The maximum atomic E-state index is 11.1. The Morgan fingerprint density at radius 2 is 2.00 bits per heavy atom. The van der Waals surface area contributed by atoms with Crippen molar-refractivity contribution in [2.45, 2.75) is 6.54 Å². The maximum Gasteiger partial charge on any atom is 0.264 e. The summed E-state index contributed by atoms with van der Waals surface area (Å²) in [6, 6.07) is 11.4. The van der Waals surface area contributed by atoms with Crippen LogP contribution < -0.4 is 10.9 Å². The molecule has 0 saturated carbocycles. The Balaban J connectivity index is 1.70. The normalized spacial score (nSPS) is 10.7. The van der Waals surface area contributed by atoms with Crippen LogP contribution in [0, 0.1) is 0 Å². The predicted octanol–water partition coefficient (Wildman–Crippen LogP) is 1.72. The lowest BCUT2D eigenvalue weighted by molar-refractivity contribution is 0.720. The van der Waals surface area contributed by atoms with Crippen molar-refractivity contribution >= 4 is 5.69 Å². The molecule has 20 heavy (non-hydrogen) atoms. The number of aryl methyl sites for hydroxylation is 1. The Hall–Kier alpha value is -2.76. The molecule has 6 heteroatoms. The highest BCUT2D eigenvalue weighted by Crippen LogP contribution is 2.18. The van der Waals surface area contributed by atoms with E-state index in [2.05, 4.69) is 20.6 Å². The molecule has 102 valence electrons. The van der Waals surface area contributed by atoms with Crippen LogP contribution in [0.25, 0.3) is 11.3 Å². The van der Waals surface area contributed by atoms with E-state index in [1.807, 2.05) is 42.1 Å². The average molecular weight is 269 g/mol. The number of aromatic nitrogens is 4. The van der Waals surface area contributed by atoms with Gasteiger partial charge in [-0.05, 0) is 23.8 Å². The number of rotatable bonds is 4. The molecule has 0 fully saturated rings. The minimum absolute atomic E-state index is 0.126. The first-order valence-electron chi connectivity index (χ1n) is 6.31. The molecule has 0 bridgehead atoms. The molecule has 0 atom stereocenters. The molecule has 2 heterocycles. The van der Waals surface area contributed by atoms with Crippen LogP contribution >= 0.6 is 0 Å². The number of aromatic amines is 2. The molecule has 6 nitrogen and oxygen atoms in total. The molecule has 0 aliphatic carbocycles. The first kappa shape index (κ1) is 12.3. The number of hydrogen-bond donors (Lipinski definition) is 3. The number of nitrogens with zero attached hydrogens (tertiary/aromatic N) is 2. The fourth-order valence-electron chi connectivity index (χ4n) is 2.02. The standard InChI is InChI=1S/C14H15N5O/c1-19-12(6-7-16-19)9-15-11-4-2-10(3-5-11)13-8-14(20)18-17-13/h2-8,15H,9H2,1H3,(H2,17,18,20). The van der Waals surface area contributed by atoms with Crippen LogP contribution in [0.4, 0.5) is 5.69 Å². The summed E-state index contributed by atoms with van der Waals surface area (Å²) in [4.78, 5) is 11.1. The summed E-state index contributed by atoms with van der Waals surface area (Å²) in [7, 11) is 1.92. The number of anilines is 1. The van der Waals surface area contributed by atoms with E-state index in [0.29, 0.717) is 0 Å². The zero-order valence-corrected chi connectivity index (χ0v) is 11.1. The van der Waals surface area contributed by atoms with Gasteiger partial charge in [-0.3, -0.25) is 19.7 Å². The zero-order chi connectivity index (χ0) is 13.9. The van der Waals surface area contributed by atoms with Gasteiger partial charge < -0.3 is 5.32 Å². The van der Waals surface area contributed by atoms with Crippen molar-refractivity contribution in [3.63, 3.8) is 0 Å². The van der Waals surface area contributed by atoms with Crippen molar-refractivity contribution < 1.29 is 0 Å². The lowest BCUT2D eigenvalue weighted by atomic mass is 10.1. The second-order valence-corrected chi connectivity index (χ2v) is 4.55. The second kappa shape index (κ2) is 5.08. The van der Waals surface area contributed by atoms with Crippen LogP contribution in [0.15, 0.2) is 47.4 Å². The number of H-pyrrole nitrogens is 2. The monoisotopic (exact) mass is 269 g/mol. The molecular formula is C14H15N5O. The largest absolute Gasteiger partial charge is 0.379 e.